The van der Waals surface area contributed by atoms with Gasteiger partial charge in [-0.05, 0) is 33.0 Å². The molecular formula is C12H20N4. The first-order valence-corrected chi connectivity index (χ1v) is 6.28. The first-order valence-electron chi connectivity index (χ1n) is 6.28. The Morgan fingerprint density at radius 3 is 3.00 bits per heavy atom. The van der Waals surface area contributed by atoms with Gasteiger partial charge in [-0.15, -0.1) is 0 Å². The zero-order valence-electron chi connectivity index (χ0n) is 9.95. The van der Waals surface area contributed by atoms with Crippen molar-refractivity contribution in [2.45, 2.75) is 31.8 Å². The first-order chi connectivity index (χ1) is 7.84. The number of imidazole rings is 1. The Morgan fingerprint density at radius 1 is 1.38 bits per heavy atom. The molecule has 2 aliphatic heterocycles. The van der Waals surface area contributed by atoms with E-state index in [0.29, 0.717) is 6.04 Å². The van der Waals surface area contributed by atoms with Crippen molar-refractivity contribution in [2.24, 2.45) is 0 Å². The van der Waals surface area contributed by atoms with E-state index in [9.17, 15) is 0 Å². The monoisotopic (exact) mass is 220 g/mol. The number of hydrogen-bond acceptors (Lipinski definition) is 3. The van der Waals surface area contributed by atoms with Gasteiger partial charge in [-0.2, -0.15) is 0 Å². The molecule has 0 bridgehead atoms. The van der Waals surface area contributed by atoms with Crippen molar-refractivity contribution in [1.82, 2.24) is 19.8 Å². The molecule has 0 aromatic carbocycles. The molecule has 0 amide bonds. The van der Waals surface area contributed by atoms with Crippen LogP contribution in [0.15, 0.2) is 6.33 Å². The molecule has 3 heterocycles. The Bertz CT molecular complexity index is 363. The second kappa shape index (κ2) is 4.18. The molecule has 3 rings (SSSR count). The number of rotatable bonds is 1. The van der Waals surface area contributed by atoms with E-state index >= 15 is 0 Å². The van der Waals surface area contributed by atoms with Crippen molar-refractivity contribution in [1.29, 1.82) is 0 Å². The normalized spacial score (nSPS) is 23.3. The van der Waals surface area contributed by atoms with Gasteiger partial charge >= 0.3 is 0 Å². The van der Waals surface area contributed by atoms with Crippen LogP contribution in [0.4, 0.5) is 0 Å². The molecule has 0 saturated carbocycles. The highest BCUT2D eigenvalue weighted by Gasteiger charge is 2.23. The maximum atomic E-state index is 4.54. The molecule has 1 saturated heterocycles. The van der Waals surface area contributed by atoms with Gasteiger partial charge < -0.3 is 14.8 Å². The van der Waals surface area contributed by atoms with E-state index < -0.39 is 0 Å². The van der Waals surface area contributed by atoms with Crippen molar-refractivity contribution in [3.8, 4) is 0 Å². The lowest BCUT2D eigenvalue weighted by atomic mass is 10.0. The molecule has 1 N–H and O–H groups in total. The smallest absolute Gasteiger partial charge is 0.0954 e. The van der Waals surface area contributed by atoms with Crippen LogP contribution in [0.2, 0.25) is 0 Å². The predicted octanol–water partition coefficient (Wildman–Crippen LogP) is 0.795. The second-order valence-electron chi connectivity index (χ2n) is 5.01. The number of piperidine rings is 1. The topological polar surface area (TPSA) is 33.1 Å². The van der Waals surface area contributed by atoms with Gasteiger partial charge in [0, 0.05) is 31.2 Å². The van der Waals surface area contributed by atoms with E-state index in [4.69, 9.17) is 0 Å². The van der Waals surface area contributed by atoms with E-state index in [2.05, 4.69) is 33.1 Å². The minimum Gasteiger partial charge on any atom is -0.331 e. The molecule has 1 aromatic heterocycles. The van der Waals surface area contributed by atoms with Crippen molar-refractivity contribution in [3.05, 3.63) is 17.7 Å². The third kappa shape index (κ3) is 1.76. The van der Waals surface area contributed by atoms with Gasteiger partial charge in [0.1, 0.15) is 0 Å². The molecule has 0 unspecified atom stereocenters. The summed E-state index contributed by atoms with van der Waals surface area (Å²) in [4.78, 5) is 6.96. The highest BCUT2D eigenvalue weighted by molar-refractivity contribution is 5.17. The molecule has 1 fully saturated rings. The summed E-state index contributed by atoms with van der Waals surface area (Å²) in [5, 5.41) is 3.38. The third-order valence-corrected chi connectivity index (χ3v) is 3.90. The van der Waals surface area contributed by atoms with Crippen LogP contribution in [-0.2, 0) is 13.0 Å². The summed E-state index contributed by atoms with van der Waals surface area (Å²) >= 11 is 0. The molecule has 1 aromatic rings. The van der Waals surface area contributed by atoms with Gasteiger partial charge in [0.15, 0.2) is 0 Å². The summed E-state index contributed by atoms with van der Waals surface area (Å²) in [6.07, 6.45) is 5.74. The predicted molar refractivity (Wildman–Crippen MR) is 63.4 cm³/mol. The number of nitrogens with one attached hydrogen (secondary N) is 1. The first kappa shape index (κ1) is 10.3. The van der Waals surface area contributed by atoms with E-state index in [0.717, 1.165) is 19.5 Å². The highest BCUT2D eigenvalue weighted by Crippen LogP contribution is 2.25. The zero-order chi connectivity index (χ0) is 11.0. The van der Waals surface area contributed by atoms with Crippen LogP contribution >= 0.6 is 0 Å². The Labute approximate surface area is 96.7 Å². The van der Waals surface area contributed by atoms with E-state index in [1.807, 2.05) is 0 Å². The summed E-state index contributed by atoms with van der Waals surface area (Å²) in [7, 11) is 2.21. The van der Waals surface area contributed by atoms with Crippen molar-refractivity contribution in [3.63, 3.8) is 0 Å². The number of likely N-dealkylation sites (tertiary alicyclic amines) is 1. The summed E-state index contributed by atoms with van der Waals surface area (Å²) in [6.45, 7) is 4.49. The quantitative estimate of drug-likeness (QED) is 0.760. The Kier molecular flexibility index (Phi) is 2.69. The van der Waals surface area contributed by atoms with Gasteiger partial charge in [-0.25, -0.2) is 4.98 Å². The standard InChI is InChI=1S/C12H20N4/c1-15-6-3-10(4-7-15)16-9-14-11-8-13-5-2-12(11)16/h9-10,13H,2-8H2,1H3. The second-order valence-corrected chi connectivity index (χ2v) is 5.01. The van der Waals surface area contributed by atoms with E-state index in [1.54, 1.807) is 0 Å². The van der Waals surface area contributed by atoms with Crippen LogP contribution in [0.1, 0.15) is 30.3 Å². The van der Waals surface area contributed by atoms with Crippen LogP contribution in [-0.4, -0.2) is 41.1 Å². The molecule has 0 aliphatic carbocycles. The number of aromatic nitrogens is 2. The molecule has 4 heteroatoms. The summed E-state index contributed by atoms with van der Waals surface area (Å²) in [5.41, 5.74) is 2.75. The maximum absolute atomic E-state index is 4.54. The lowest BCUT2D eigenvalue weighted by Crippen LogP contribution is -2.33. The summed E-state index contributed by atoms with van der Waals surface area (Å²) in [6, 6.07) is 0.686. The van der Waals surface area contributed by atoms with Gasteiger partial charge in [0.05, 0.1) is 12.0 Å². The fraction of sp³-hybridized carbons (Fsp3) is 0.750. The molecule has 0 spiro atoms. The van der Waals surface area contributed by atoms with Crippen LogP contribution in [0.3, 0.4) is 0 Å². The van der Waals surface area contributed by atoms with Crippen LogP contribution in [0, 0.1) is 0 Å². The highest BCUT2D eigenvalue weighted by atomic mass is 15.2. The largest absolute Gasteiger partial charge is 0.331 e. The van der Waals surface area contributed by atoms with Gasteiger partial charge in [-0.3, -0.25) is 0 Å². The van der Waals surface area contributed by atoms with Crippen molar-refractivity contribution >= 4 is 0 Å². The van der Waals surface area contributed by atoms with Crippen LogP contribution in [0.25, 0.3) is 0 Å². The summed E-state index contributed by atoms with van der Waals surface area (Å²) in [5.74, 6) is 0. The minimum absolute atomic E-state index is 0.686. The van der Waals surface area contributed by atoms with Crippen LogP contribution < -0.4 is 5.32 Å². The van der Waals surface area contributed by atoms with E-state index in [-0.39, 0.29) is 0 Å². The molecule has 0 atom stereocenters. The summed E-state index contributed by atoms with van der Waals surface area (Å²) < 4.78 is 2.45. The van der Waals surface area contributed by atoms with Gasteiger partial charge in [0.25, 0.3) is 0 Å². The third-order valence-electron chi connectivity index (χ3n) is 3.90. The fourth-order valence-electron chi connectivity index (χ4n) is 2.85. The maximum Gasteiger partial charge on any atom is 0.0954 e. The number of hydrogen-bond donors (Lipinski definition) is 1. The SMILES string of the molecule is CN1CCC(n2cnc3c2CCNC3)CC1. The van der Waals surface area contributed by atoms with Gasteiger partial charge in [0.2, 0.25) is 0 Å². The Morgan fingerprint density at radius 2 is 2.19 bits per heavy atom. The Hall–Kier alpha value is -0.870. The molecular weight excluding hydrogens is 200 g/mol. The lowest BCUT2D eigenvalue weighted by Gasteiger charge is -2.31. The minimum atomic E-state index is 0.686. The zero-order valence-corrected chi connectivity index (χ0v) is 9.95. The molecule has 4 nitrogen and oxygen atoms in total. The van der Waals surface area contributed by atoms with Crippen molar-refractivity contribution in [2.75, 3.05) is 26.7 Å². The lowest BCUT2D eigenvalue weighted by molar-refractivity contribution is 0.218. The molecule has 2 aliphatic rings. The molecule has 0 radical (unpaired) electrons. The van der Waals surface area contributed by atoms with E-state index in [1.165, 1.54) is 37.3 Å². The van der Waals surface area contributed by atoms with Crippen LogP contribution in [0.5, 0.6) is 0 Å². The van der Waals surface area contributed by atoms with Gasteiger partial charge in [-0.1, -0.05) is 0 Å². The number of nitrogens with zero attached hydrogens (tertiary/aromatic N) is 3. The average Bonchev–Trinajstić information content (AvgIpc) is 2.74. The fourth-order valence-corrected chi connectivity index (χ4v) is 2.85. The number of fused-ring (bicyclic) bond motifs is 1. The Balaban J connectivity index is 1.81. The molecule has 16 heavy (non-hydrogen) atoms. The van der Waals surface area contributed by atoms with Crippen molar-refractivity contribution < 1.29 is 0 Å². The average molecular weight is 220 g/mol. The molecule has 88 valence electrons.